The molecule has 2 atom stereocenters. The standard InChI is InChI=1S/C13H20N2O2S/c1-9-12(8-15(2)14-9)13(16)6-10-4-3-5-11(7-13)18(10)17/h8,10-11,16H,3-7H2,1-2H3. The van der Waals surface area contributed by atoms with Crippen molar-refractivity contribution in [1.29, 1.82) is 0 Å². The molecule has 2 unspecified atom stereocenters. The summed E-state index contributed by atoms with van der Waals surface area (Å²) in [5.74, 6) is 0. The van der Waals surface area contributed by atoms with Crippen LogP contribution < -0.4 is 0 Å². The zero-order valence-corrected chi connectivity index (χ0v) is 11.7. The number of hydrogen-bond donors (Lipinski definition) is 1. The fraction of sp³-hybridized carbons (Fsp3) is 0.769. The van der Waals surface area contributed by atoms with E-state index in [1.165, 1.54) is 0 Å². The maximum atomic E-state index is 12.2. The Hall–Kier alpha value is -0.680. The quantitative estimate of drug-likeness (QED) is 0.837. The lowest BCUT2D eigenvalue weighted by Gasteiger charge is -2.43. The van der Waals surface area contributed by atoms with Crippen LogP contribution in [0.4, 0.5) is 0 Å². The summed E-state index contributed by atoms with van der Waals surface area (Å²) in [6.45, 7) is 1.94. The Balaban J connectivity index is 1.96. The average Bonchev–Trinajstić information content (AvgIpc) is 2.61. The van der Waals surface area contributed by atoms with E-state index in [1.807, 2.05) is 20.2 Å². The highest BCUT2D eigenvalue weighted by Gasteiger charge is 2.47. The average molecular weight is 268 g/mol. The van der Waals surface area contributed by atoms with E-state index >= 15 is 0 Å². The van der Waals surface area contributed by atoms with Gasteiger partial charge in [-0.05, 0) is 32.6 Å². The fourth-order valence-electron chi connectivity index (χ4n) is 3.56. The first-order valence-corrected chi connectivity index (χ1v) is 7.90. The summed E-state index contributed by atoms with van der Waals surface area (Å²) in [4.78, 5) is 0. The molecular formula is C13H20N2O2S. The number of aromatic nitrogens is 2. The predicted molar refractivity (Wildman–Crippen MR) is 70.6 cm³/mol. The Morgan fingerprint density at radius 3 is 2.56 bits per heavy atom. The van der Waals surface area contributed by atoms with E-state index in [0.717, 1.165) is 30.5 Å². The van der Waals surface area contributed by atoms with Gasteiger partial charge in [-0.2, -0.15) is 5.10 Å². The molecule has 0 saturated carbocycles. The normalized spacial score (nSPS) is 39.8. The van der Waals surface area contributed by atoms with Crippen molar-refractivity contribution in [2.45, 2.75) is 55.1 Å². The number of fused-ring (bicyclic) bond motifs is 2. The summed E-state index contributed by atoms with van der Waals surface area (Å²) in [5.41, 5.74) is 1.01. The highest BCUT2D eigenvalue weighted by Crippen LogP contribution is 2.44. The first-order chi connectivity index (χ1) is 8.49. The minimum absolute atomic E-state index is 0.169. The number of aliphatic hydroxyl groups is 1. The highest BCUT2D eigenvalue weighted by molar-refractivity contribution is 7.86. The largest absolute Gasteiger partial charge is 0.385 e. The van der Waals surface area contributed by atoms with Gasteiger partial charge in [0, 0.05) is 40.1 Å². The summed E-state index contributed by atoms with van der Waals surface area (Å²) in [7, 11) is 1.13. The molecule has 0 aromatic carbocycles. The van der Waals surface area contributed by atoms with Crippen LogP contribution >= 0.6 is 0 Å². The highest BCUT2D eigenvalue weighted by atomic mass is 32.2. The van der Waals surface area contributed by atoms with Crippen LogP contribution in [0.5, 0.6) is 0 Å². The minimum Gasteiger partial charge on any atom is -0.385 e. The Morgan fingerprint density at radius 1 is 1.44 bits per heavy atom. The molecule has 5 heteroatoms. The predicted octanol–water partition coefficient (Wildman–Crippen LogP) is 1.38. The van der Waals surface area contributed by atoms with Crippen LogP contribution in [0.3, 0.4) is 0 Å². The van der Waals surface area contributed by atoms with Crippen LogP contribution in [0.2, 0.25) is 0 Å². The van der Waals surface area contributed by atoms with E-state index < -0.39 is 16.4 Å². The van der Waals surface area contributed by atoms with Crippen molar-refractivity contribution in [2.24, 2.45) is 7.05 Å². The van der Waals surface area contributed by atoms with E-state index in [0.29, 0.717) is 12.8 Å². The van der Waals surface area contributed by atoms with E-state index in [1.54, 1.807) is 4.68 Å². The second-order valence-electron chi connectivity index (χ2n) is 5.75. The molecule has 1 aromatic rings. The Bertz CT molecular complexity index is 481. The SMILES string of the molecule is Cc1nn(C)cc1C1(O)CC2CCCC(C1)S2=O. The summed E-state index contributed by atoms with van der Waals surface area (Å²) < 4.78 is 13.9. The molecule has 2 saturated heterocycles. The molecule has 2 aliphatic heterocycles. The van der Waals surface area contributed by atoms with Crippen molar-refractivity contribution < 1.29 is 9.32 Å². The molecule has 2 bridgehead atoms. The molecule has 1 aromatic heterocycles. The van der Waals surface area contributed by atoms with Crippen molar-refractivity contribution in [2.75, 3.05) is 0 Å². The molecular weight excluding hydrogens is 248 g/mol. The van der Waals surface area contributed by atoms with Crippen molar-refractivity contribution in [3.05, 3.63) is 17.5 Å². The summed E-state index contributed by atoms with van der Waals surface area (Å²) >= 11 is 0. The summed E-state index contributed by atoms with van der Waals surface area (Å²) in [6, 6.07) is 0. The molecule has 18 heavy (non-hydrogen) atoms. The lowest BCUT2D eigenvalue weighted by molar-refractivity contribution is 0.00593. The van der Waals surface area contributed by atoms with Gasteiger partial charge >= 0.3 is 0 Å². The van der Waals surface area contributed by atoms with E-state index in [9.17, 15) is 9.32 Å². The zero-order chi connectivity index (χ0) is 12.9. The number of hydrogen-bond acceptors (Lipinski definition) is 3. The van der Waals surface area contributed by atoms with Crippen molar-refractivity contribution in [1.82, 2.24) is 9.78 Å². The van der Waals surface area contributed by atoms with Crippen LogP contribution in [0.1, 0.15) is 43.4 Å². The van der Waals surface area contributed by atoms with Crippen LogP contribution in [0, 0.1) is 6.92 Å². The van der Waals surface area contributed by atoms with Gasteiger partial charge in [-0.25, -0.2) is 0 Å². The van der Waals surface area contributed by atoms with Crippen LogP contribution in [0.25, 0.3) is 0 Å². The number of rotatable bonds is 1. The lowest BCUT2D eigenvalue weighted by Crippen LogP contribution is -2.47. The van der Waals surface area contributed by atoms with Gasteiger partial charge in [0.1, 0.15) is 0 Å². The summed E-state index contributed by atoms with van der Waals surface area (Å²) in [6.07, 6.45) is 6.31. The van der Waals surface area contributed by atoms with E-state index in [4.69, 9.17) is 0 Å². The zero-order valence-electron chi connectivity index (χ0n) is 10.9. The first kappa shape index (κ1) is 12.4. The second-order valence-corrected chi connectivity index (χ2v) is 7.74. The molecule has 100 valence electrons. The molecule has 1 N–H and O–H groups in total. The third-order valence-corrected chi connectivity index (χ3v) is 6.47. The lowest BCUT2D eigenvalue weighted by atomic mass is 9.81. The first-order valence-electron chi connectivity index (χ1n) is 6.62. The monoisotopic (exact) mass is 268 g/mol. The molecule has 2 fully saturated rings. The van der Waals surface area contributed by atoms with Gasteiger partial charge in [0.05, 0.1) is 11.3 Å². The minimum atomic E-state index is -0.817. The third kappa shape index (κ3) is 1.84. The number of nitrogens with zero attached hydrogens (tertiary/aromatic N) is 2. The Kier molecular flexibility index (Phi) is 2.86. The maximum absolute atomic E-state index is 12.2. The third-order valence-electron chi connectivity index (χ3n) is 4.35. The van der Waals surface area contributed by atoms with Crippen LogP contribution in [0.15, 0.2) is 6.20 Å². The van der Waals surface area contributed by atoms with Gasteiger partial charge in [-0.15, -0.1) is 0 Å². The van der Waals surface area contributed by atoms with Crippen molar-refractivity contribution in [3.8, 4) is 0 Å². The van der Waals surface area contributed by atoms with Gasteiger partial charge in [0.25, 0.3) is 0 Å². The smallest absolute Gasteiger partial charge is 0.0952 e. The molecule has 3 heterocycles. The van der Waals surface area contributed by atoms with Crippen LogP contribution in [-0.4, -0.2) is 29.6 Å². The molecule has 0 radical (unpaired) electrons. The van der Waals surface area contributed by atoms with Gasteiger partial charge in [0.2, 0.25) is 0 Å². The molecule has 0 aliphatic carbocycles. The van der Waals surface area contributed by atoms with Gasteiger partial charge in [-0.3, -0.25) is 8.89 Å². The molecule has 0 amide bonds. The molecule has 3 rings (SSSR count). The second kappa shape index (κ2) is 4.17. The fourth-order valence-corrected chi connectivity index (χ4v) is 5.78. The molecule has 2 aliphatic rings. The topological polar surface area (TPSA) is 55.1 Å². The van der Waals surface area contributed by atoms with Gasteiger partial charge < -0.3 is 5.11 Å². The van der Waals surface area contributed by atoms with Crippen molar-refractivity contribution in [3.63, 3.8) is 0 Å². The molecule has 4 nitrogen and oxygen atoms in total. The Morgan fingerprint density at radius 2 is 2.06 bits per heavy atom. The van der Waals surface area contributed by atoms with Gasteiger partial charge in [-0.1, -0.05) is 6.42 Å². The van der Waals surface area contributed by atoms with E-state index in [2.05, 4.69) is 5.10 Å². The van der Waals surface area contributed by atoms with Crippen molar-refractivity contribution >= 4 is 10.8 Å². The Labute approximate surface area is 110 Å². The maximum Gasteiger partial charge on any atom is 0.0952 e. The van der Waals surface area contributed by atoms with E-state index in [-0.39, 0.29) is 10.5 Å². The molecule has 0 spiro atoms. The van der Waals surface area contributed by atoms with Crippen LogP contribution in [-0.2, 0) is 23.4 Å². The number of aryl methyl sites for hydroxylation is 2. The van der Waals surface area contributed by atoms with Gasteiger partial charge in [0.15, 0.2) is 0 Å². The summed E-state index contributed by atoms with van der Waals surface area (Å²) in [5, 5.41) is 15.6.